The largest absolute Gasteiger partial charge is 0.493 e. The molecule has 1 aromatic carbocycles. The zero-order valence-corrected chi connectivity index (χ0v) is 14.5. The number of amides is 1. The molecular formula is C18H27NO5. The zero-order chi connectivity index (χ0) is 17.8. The van der Waals surface area contributed by atoms with Crippen LogP contribution in [-0.2, 0) is 16.0 Å². The van der Waals surface area contributed by atoms with Crippen LogP contribution in [0.1, 0.15) is 44.6 Å². The lowest BCUT2D eigenvalue weighted by Gasteiger charge is -2.12. The molecule has 0 aliphatic rings. The first kappa shape index (κ1) is 19.8. The molecule has 0 unspecified atom stereocenters. The highest BCUT2D eigenvalue weighted by molar-refractivity contribution is 5.80. The van der Waals surface area contributed by atoms with Gasteiger partial charge in [-0.1, -0.05) is 25.8 Å². The Bertz CT molecular complexity index is 530. The summed E-state index contributed by atoms with van der Waals surface area (Å²) in [6.45, 7) is 3.26. The van der Waals surface area contributed by atoms with E-state index in [0.717, 1.165) is 24.8 Å². The van der Waals surface area contributed by atoms with Gasteiger partial charge in [-0.3, -0.25) is 9.59 Å². The first-order chi connectivity index (χ1) is 11.6. The number of carbonyl (C=O) groups excluding carboxylic acids is 1. The van der Waals surface area contributed by atoms with Gasteiger partial charge in [-0.05, 0) is 30.5 Å². The summed E-state index contributed by atoms with van der Waals surface area (Å²) in [5.74, 6) is 0.191. The van der Waals surface area contributed by atoms with E-state index in [4.69, 9.17) is 14.6 Å². The topological polar surface area (TPSA) is 84.9 Å². The Labute approximate surface area is 143 Å². The Hall–Kier alpha value is -2.24. The van der Waals surface area contributed by atoms with E-state index in [9.17, 15) is 9.59 Å². The summed E-state index contributed by atoms with van der Waals surface area (Å²) in [6.07, 6.45) is 3.78. The highest BCUT2D eigenvalue weighted by atomic mass is 16.5. The van der Waals surface area contributed by atoms with Gasteiger partial charge in [0.05, 0.1) is 20.1 Å². The van der Waals surface area contributed by atoms with Gasteiger partial charge in [-0.25, -0.2) is 0 Å². The Morgan fingerprint density at radius 1 is 1.17 bits per heavy atom. The van der Waals surface area contributed by atoms with Crippen LogP contribution in [0, 0.1) is 0 Å². The maximum Gasteiger partial charge on any atom is 0.303 e. The Morgan fingerprint density at radius 3 is 2.62 bits per heavy atom. The SMILES string of the molecule is CCCCCOc1cc(CCNC(=O)CCC(=O)O)ccc1OC. The van der Waals surface area contributed by atoms with E-state index in [2.05, 4.69) is 12.2 Å². The second-order valence-corrected chi connectivity index (χ2v) is 5.53. The molecule has 1 aromatic rings. The number of carboxylic acid groups (broad SMARTS) is 1. The van der Waals surface area contributed by atoms with E-state index in [-0.39, 0.29) is 18.7 Å². The molecule has 1 rings (SSSR count). The Balaban J connectivity index is 2.47. The number of rotatable bonds is 12. The summed E-state index contributed by atoms with van der Waals surface area (Å²) in [5, 5.41) is 11.3. The van der Waals surface area contributed by atoms with Crippen molar-refractivity contribution in [2.75, 3.05) is 20.3 Å². The quantitative estimate of drug-likeness (QED) is 0.573. The van der Waals surface area contributed by atoms with E-state index in [1.54, 1.807) is 7.11 Å². The predicted molar refractivity (Wildman–Crippen MR) is 91.6 cm³/mol. The maximum absolute atomic E-state index is 11.5. The normalized spacial score (nSPS) is 10.2. The van der Waals surface area contributed by atoms with Gasteiger partial charge in [0.2, 0.25) is 5.91 Å². The van der Waals surface area contributed by atoms with E-state index in [1.807, 2.05) is 18.2 Å². The van der Waals surface area contributed by atoms with Gasteiger partial charge >= 0.3 is 5.97 Å². The second kappa shape index (κ2) is 11.3. The molecule has 134 valence electrons. The number of methoxy groups -OCH3 is 1. The van der Waals surface area contributed by atoms with Crippen molar-refractivity contribution >= 4 is 11.9 Å². The first-order valence-corrected chi connectivity index (χ1v) is 8.35. The second-order valence-electron chi connectivity index (χ2n) is 5.53. The van der Waals surface area contributed by atoms with Gasteiger partial charge in [-0.15, -0.1) is 0 Å². The van der Waals surface area contributed by atoms with Crippen LogP contribution < -0.4 is 14.8 Å². The lowest BCUT2D eigenvalue weighted by atomic mass is 10.1. The third-order valence-corrected chi connectivity index (χ3v) is 3.54. The molecule has 0 saturated heterocycles. The van der Waals surface area contributed by atoms with Crippen LogP contribution in [0.2, 0.25) is 0 Å². The van der Waals surface area contributed by atoms with E-state index >= 15 is 0 Å². The highest BCUT2D eigenvalue weighted by Crippen LogP contribution is 2.28. The number of carbonyl (C=O) groups is 2. The molecule has 0 heterocycles. The fourth-order valence-electron chi connectivity index (χ4n) is 2.18. The number of nitrogens with one attached hydrogen (secondary N) is 1. The summed E-state index contributed by atoms with van der Waals surface area (Å²) >= 11 is 0. The highest BCUT2D eigenvalue weighted by Gasteiger charge is 2.08. The average Bonchev–Trinajstić information content (AvgIpc) is 2.57. The van der Waals surface area contributed by atoms with Crippen LogP contribution in [0.25, 0.3) is 0 Å². The molecule has 0 fully saturated rings. The van der Waals surface area contributed by atoms with Crippen molar-refractivity contribution in [3.05, 3.63) is 23.8 Å². The molecule has 0 radical (unpaired) electrons. The lowest BCUT2D eigenvalue weighted by Crippen LogP contribution is -2.26. The van der Waals surface area contributed by atoms with E-state index in [1.165, 1.54) is 0 Å². The minimum Gasteiger partial charge on any atom is -0.493 e. The number of aliphatic carboxylic acids is 1. The van der Waals surface area contributed by atoms with Gasteiger partial charge in [0.25, 0.3) is 0 Å². The molecule has 0 atom stereocenters. The van der Waals surface area contributed by atoms with Gasteiger partial charge in [0.15, 0.2) is 11.5 Å². The minimum atomic E-state index is -0.967. The van der Waals surface area contributed by atoms with Crippen LogP contribution in [0.15, 0.2) is 18.2 Å². The fraction of sp³-hybridized carbons (Fsp3) is 0.556. The van der Waals surface area contributed by atoms with Crippen molar-refractivity contribution < 1.29 is 24.2 Å². The van der Waals surface area contributed by atoms with Crippen LogP contribution in [0.3, 0.4) is 0 Å². The molecule has 0 aromatic heterocycles. The predicted octanol–water partition coefficient (Wildman–Crippen LogP) is 2.79. The van der Waals surface area contributed by atoms with Gasteiger partial charge in [-0.2, -0.15) is 0 Å². The molecule has 2 N–H and O–H groups in total. The molecule has 0 aliphatic carbocycles. The smallest absolute Gasteiger partial charge is 0.303 e. The summed E-state index contributed by atoms with van der Waals surface area (Å²) in [6, 6.07) is 5.71. The van der Waals surface area contributed by atoms with Crippen molar-refractivity contribution in [1.82, 2.24) is 5.32 Å². The van der Waals surface area contributed by atoms with Crippen molar-refractivity contribution in [3.63, 3.8) is 0 Å². The fourth-order valence-corrected chi connectivity index (χ4v) is 2.18. The third kappa shape index (κ3) is 7.85. The van der Waals surface area contributed by atoms with Crippen LogP contribution in [0.5, 0.6) is 11.5 Å². The van der Waals surface area contributed by atoms with Gasteiger partial charge in [0, 0.05) is 13.0 Å². The maximum atomic E-state index is 11.5. The minimum absolute atomic E-state index is 0.00371. The molecular weight excluding hydrogens is 310 g/mol. The number of hydrogen-bond donors (Lipinski definition) is 2. The Kier molecular flexibility index (Phi) is 9.34. The molecule has 0 bridgehead atoms. The van der Waals surface area contributed by atoms with Crippen LogP contribution in [0.4, 0.5) is 0 Å². The van der Waals surface area contributed by atoms with Crippen LogP contribution in [-0.4, -0.2) is 37.2 Å². The molecule has 0 aliphatic heterocycles. The summed E-state index contributed by atoms with van der Waals surface area (Å²) in [4.78, 5) is 21.9. The summed E-state index contributed by atoms with van der Waals surface area (Å²) in [7, 11) is 1.61. The first-order valence-electron chi connectivity index (χ1n) is 8.35. The molecule has 1 amide bonds. The molecule has 6 nitrogen and oxygen atoms in total. The van der Waals surface area contributed by atoms with Crippen molar-refractivity contribution in [1.29, 1.82) is 0 Å². The molecule has 0 spiro atoms. The number of benzene rings is 1. The molecule has 6 heteroatoms. The van der Waals surface area contributed by atoms with Crippen molar-refractivity contribution in [3.8, 4) is 11.5 Å². The van der Waals surface area contributed by atoms with Crippen molar-refractivity contribution in [2.45, 2.75) is 45.4 Å². The Morgan fingerprint density at radius 2 is 1.96 bits per heavy atom. The number of ether oxygens (including phenoxy) is 2. The van der Waals surface area contributed by atoms with Gasteiger partial charge < -0.3 is 19.9 Å². The number of carboxylic acids is 1. The number of unbranched alkanes of at least 4 members (excludes halogenated alkanes) is 2. The number of hydrogen-bond acceptors (Lipinski definition) is 4. The molecule has 24 heavy (non-hydrogen) atoms. The monoisotopic (exact) mass is 337 g/mol. The third-order valence-electron chi connectivity index (χ3n) is 3.54. The average molecular weight is 337 g/mol. The zero-order valence-electron chi connectivity index (χ0n) is 14.5. The standard InChI is InChI=1S/C18H27NO5/c1-3-4-5-12-24-16-13-14(6-7-15(16)23-2)10-11-19-17(20)8-9-18(21)22/h6-7,13H,3-5,8-12H2,1-2H3,(H,19,20)(H,21,22). The van der Waals surface area contributed by atoms with E-state index < -0.39 is 5.97 Å². The lowest BCUT2D eigenvalue weighted by molar-refractivity contribution is -0.138. The summed E-state index contributed by atoms with van der Waals surface area (Å²) < 4.78 is 11.1. The van der Waals surface area contributed by atoms with Gasteiger partial charge in [0.1, 0.15) is 0 Å². The van der Waals surface area contributed by atoms with E-state index in [0.29, 0.717) is 31.1 Å². The molecule has 0 saturated carbocycles. The van der Waals surface area contributed by atoms with Crippen LogP contribution >= 0.6 is 0 Å². The van der Waals surface area contributed by atoms with Crippen molar-refractivity contribution in [2.24, 2.45) is 0 Å². The summed E-state index contributed by atoms with van der Waals surface area (Å²) in [5.41, 5.74) is 1.03.